The second kappa shape index (κ2) is 11.8. The molecule has 0 unspecified atom stereocenters. The van der Waals surface area contributed by atoms with Gasteiger partial charge in [-0.3, -0.25) is 19.1 Å². The molecule has 36 heavy (non-hydrogen) atoms. The molecule has 2 aliphatic heterocycles. The predicted molar refractivity (Wildman–Crippen MR) is 143 cm³/mol. The minimum atomic E-state index is -0.0989. The van der Waals surface area contributed by atoms with E-state index in [9.17, 15) is 9.59 Å². The summed E-state index contributed by atoms with van der Waals surface area (Å²) >= 11 is 0. The lowest BCUT2D eigenvalue weighted by Crippen LogP contribution is -2.46. The van der Waals surface area contributed by atoms with Crippen molar-refractivity contribution in [3.05, 3.63) is 75.8 Å². The quantitative estimate of drug-likeness (QED) is 0.517. The van der Waals surface area contributed by atoms with Crippen LogP contribution in [0.2, 0.25) is 0 Å². The van der Waals surface area contributed by atoms with Crippen molar-refractivity contribution in [2.75, 3.05) is 39.3 Å². The van der Waals surface area contributed by atoms with Crippen LogP contribution in [0.4, 0.5) is 0 Å². The van der Waals surface area contributed by atoms with Crippen molar-refractivity contribution < 1.29 is 4.79 Å². The highest BCUT2D eigenvalue weighted by Gasteiger charge is 2.17. The van der Waals surface area contributed by atoms with Gasteiger partial charge in [0.1, 0.15) is 5.82 Å². The molecule has 0 saturated carbocycles. The van der Waals surface area contributed by atoms with Crippen LogP contribution in [0.15, 0.2) is 53.3 Å². The van der Waals surface area contributed by atoms with Gasteiger partial charge in [-0.05, 0) is 49.6 Å². The second-order valence-corrected chi connectivity index (χ2v) is 10.1. The number of benzene rings is 2. The summed E-state index contributed by atoms with van der Waals surface area (Å²) in [4.78, 5) is 35.6. The molecule has 1 fully saturated rings. The molecule has 2 aliphatic rings. The minimum absolute atomic E-state index is 0.0210. The Balaban J connectivity index is 1.10. The van der Waals surface area contributed by atoms with E-state index in [4.69, 9.17) is 4.98 Å². The molecule has 3 heterocycles. The molecular weight excluding hydrogens is 450 g/mol. The summed E-state index contributed by atoms with van der Waals surface area (Å²) in [6.45, 7) is 7.67. The fourth-order valence-corrected chi connectivity index (χ4v) is 5.36. The maximum absolute atomic E-state index is 13.0. The van der Waals surface area contributed by atoms with Gasteiger partial charge < -0.3 is 10.2 Å². The normalized spacial score (nSPS) is 17.3. The van der Waals surface area contributed by atoms with Gasteiger partial charge in [-0.2, -0.15) is 0 Å². The highest BCUT2D eigenvalue weighted by molar-refractivity contribution is 5.97. The Morgan fingerprint density at radius 3 is 2.50 bits per heavy atom. The lowest BCUT2D eigenvalue weighted by Gasteiger charge is -2.34. The van der Waals surface area contributed by atoms with Crippen molar-refractivity contribution in [3.8, 4) is 0 Å². The molecule has 7 nitrogen and oxygen atoms in total. The number of carbonyl (C=O) groups is 1. The van der Waals surface area contributed by atoms with E-state index >= 15 is 0 Å². The molecule has 0 spiro atoms. The van der Waals surface area contributed by atoms with Crippen molar-refractivity contribution in [2.24, 2.45) is 0 Å². The number of fused-ring (bicyclic) bond motifs is 2. The topological polar surface area (TPSA) is 70.5 Å². The monoisotopic (exact) mass is 487 g/mol. The molecule has 7 heteroatoms. The van der Waals surface area contributed by atoms with Gasteiger partial charge in [0, 0.05) is 57.8 Å². The van der Waals surface area contributed by atoms with Crippen LogP contribution in [0.1, 0.15) is 53.8 Å². The van der Waals surface area contributed by atoms with E-state index in [-0.39, 0.29) is 11.5 Å². The molecule has 0 bridgehead atoms. The van der Waals surface area contributed by atoms with Crippen molar-refractivity contribution in [3.63, 3.8) is 0 Å². The highest BCUT2D eigenvalue weighted by atomic mass is 16.1. The van der Waals surface area contributed by atoms with Crippen LogP contribution in [-0.4, -0.2) is 64.5 Å². The van der Waals surface area contributed by atoms with Crippen LogP contribution in [-0.2, 0) is 19.5 Å². The fraction of sp³-hybridized carbons (Fsp3) is 0.483. The van der Waals surface area contributed by atoms with Gasteiger partial charge >= 0.3 is 0 Å². The number of aryl methyl sites for hydroxylation is 1. The van der Waals surface area contributed by atoms with Gasteiger partial charge in [0.05, 0.1) is 10.9 Å². The number of rotatable bonds is 7. The van der Waals surface area contributed by atoms with Crippen LogP contribution < -0.4 is 10.9 Å². The van der Waals surface area contributed by atoms with Gasteiger partial charge in [-0.15, -0.1) is 0 Å². The SMILES string of the molecule is O=C(NCCCN1CCN(Cc2ccccc2)CC1)c1ccc2c(=O)n3c(nc2c1)CCCCCC3. The number of hydrogen-bond donors (Lipinski definition) is 1. The number of nitrogens with zero attached hydrogens (tertiary/aromatic N) is 4. The van der Waals surface area contributed by atoms with E-state index in [0.717, 1.165) is 83.7 Å². The Kier molecular flexibility index (Phi) is 8.08. The number of hydrogen-bond acceptors (Lipinski definition) is 5. The van der Waals surface area contributed by atoms with Crippen LogP contribution in [0.3, 0.4) is 0 Å². The number of aromatic nitrogens is 2. The maximum atomic E-state index is 13.0. The van der Waals surface area contributed by atoms with Crippen LogP contribution >= 0.6 is 0 Å². The Bertz CT molecular complexity index is 1230. The lowest BCUT2D eigenvalue weighted by atomic mass is 10.1. The third-order valence-corrected chi connectivity index (χ3v) is 7.48. The van der Waals surface area contributed by atoms with Gasteiger partial charge in [-0.25, -0.2) is 4.98 Å². The van der Waals surface area contributed by atoms with E-state index < -0.39 is 0 Å². The third kappa shape index (κ3) is 6.02. The Morgan fingerprint density at radius 1 is 0.889 bits per heavy atom. The molecule has 2 aromatic carbocycles. The molecular formula is C29H37N5O2. The first kappa shape index (κ1) is 24.7. The average molecular weight is 488 g/mol. The Hall–Kier alpha value is -3.03. The van der Waals surface area contributed by atoms with Gasteiger partial charge in [0.2, 0.25) is 0 Å². The molecule has 0 aliphatic carbocycles. The van der Waals surface area contributed by atoms with Crippen molar-refractivity contribution in [1.82, 2.24) is 24.7 Å². The standard InChI is InChI=1S/C29H37N5O2/c35-28(30-14-8-15-32-17-19-33(20-18-32)22-23-9-4-3-5-10-23)24-12-13-25-26(21-24)31-27-11-6-1-2-7-16-34(27)29(25)36/h3-5,9-10,12-13,21H,1-2,6-8,11,14-20,22H2,(H,30,35). The van der Waals surface area contributed by atoms with Crippen molar-refractivity contribution in [1.29, 1.82) is 0 Å². The summed E-state index contributed by atoms with van der Waals surface area (Å²) in [5, 5.41) is 3.65. The molecule has 1 aromatic heterocycles. The molecule has 190 valence electrons. The largest absolute Gasteiger partial charge is 0.352 e. The Morgan fingerprint density at radius 2 is 1.67 bits per heavy atom. The molecule has 5 rings (SSSR count). The summed E-state index contributed by atoms with van der Waals surface area (Å²) < 4.78 is 1.84. The second-order valence-electron chi connectivity index (χ2n) is 10.1. The summed E-state index contributed by atoms with van der Waals surface area (Å²) in [5.41, 5.74) is 2.59. The van der Waals surface area contributed by atoms with Crippen LogP contribution in [0.5, 0.6) is 0 Å². The minimum Gasteiger partial charge on any atom is -0.352 e. The molecule has 0 atom stereocenters. The molecule has 3 aromatic rings. The zero-order valence-electron chi connectivity index (χ0n) is 21.1. The van der Waals surface area contributed by atoms with E-state index in [1.54, 1.807) is 18.2 Å². The molecule has 1 N–H and O–H groups in total. The van der Waals surface area contributed by atoms with Gasteiger partial charge in [-0.1, -0.05) is 43.2 Å². The lowest BCUT2D eigenvalue weighted by molar-refractivity contribution is 0.0947. The maximum Gasteiger partial charge on any atom is 0.261 e. The fourth-order valence-electron chi connectivity index (χ4n) is 5.36. The van der Waals surface area contributed by atoms with Crippen LogP contribution in [0.25, 0.3) is 10.9 Å². The summed E-state index contributed by atoms with van der Waals surface area (Å²) in [5.74, 6) is 0.756. The molecule has 1 amide bonds. The Labute approximate surface area is 213 Å². The third-order valence-electron chi connectivity index (χ3n) is 7.48. The number of piperazine rings is 1. The van der Waals surface area contributed by atoms with Crippen molar-refractivity contribution in [2.45, 2.75) is 51.6 Å². The number of carbonyl (C=O) groups excluding carboxylic acids is 1. The number of nitrogens with one attached hydrogen (secondary N) is 1. The van der Waals surface area contributed by atoms with Crippen molar-refractivity contribution >= 4 is 16.8 Å². The zero-order valence-corrected chi connectivity index (χ0v) is 21.1. The van der Waals surface area contributed by atoms with E-state index in [1.165, 1.54) is 12.0 Å². The first-order chi connectivity index (χ1) is 17.7. The smallest absolute Gasteiger partial charge is 0.261 e. The first-order valence-corrected chi connectivity index (χ1v) is 13.5. The van der Waals surface area contributed by atoms with Gasteiger partial charge in [0.25, 0.3) is 11.5 Å². The zero-order chi connectivity index (χ0) is 24.7. The summed E-state index contributed by atoms with van der Waals surface area (Å²) in [7, 11) is 0. The summed E-state index contributed by atoms with van der Waals surface area (Å²) in [6, 6.07) is 15.9. The number of amides is 1. The van der Waals surface area contributed by atoms with Crippen LogP contribution in [0, 0.1) is 0 Å². The predicted octanol–water partition coefficient (Wildman–Crippen LogP) is 3.45. The van der Waals surface area contributed by atoms with Gasteiger partial charge in [0.15, 0.2) is 0 Å². The molecule has 1 saturated heterocycles. The summed E-state index contributed by atoms with van der Waals surface area (Å²) in [6.07, 6.45) is 6.16. The van der Waals surface area contributed by atoms with E-state index in [2.05, 4.69) is 45.4 Å². The van der Waals surface area contributed by atoms with E-state index in [1.807, 2.05) is 4.57 Å². The first-order valence-electron chi connectivity index (χ1n) is 13.5. The molecule has 0 radical (unpaired) electrons. The average Bonchev–Trinajstić information content (AvgIpc) is 2.89. The highest BCUT2D eigenvalue weighted by Crippen LogP contribution is 2.16. The van der Waals surface area contributed by atoms with E-state index in [0.29, 0.717) is 23.0 Å².